The second kappa shape index (κ2) is 9.03. The summed E-state index contributed by atoms with van der Waals surface area (Å²) in [6.45, 7) is 7.19. The number of hydrogen-bond acceptors (Lipinski definition) is 9. The molecule has 176 valence electrons. The number of fused-ring (bicyclic) bond motifs is 1. The molecular weight excluding hydrogens is 444 g/mol. The highest BCUT2D eigenvalue weighted by molar-refractivity contribution is 5.68. The van der Waals surface area contributed by atoms with Gasteiger partial charge in [0.2, 0.25) is 5.88 Å². The molecule has 0 aromatic carbocycles. The molecule has 5 heterocycles. The molecule has 1 unspecified atom stereocenters. The van der Waals surface area contributed by atoms with E-state index >= 15 is 0 Å². The van der Waals surface area contributed by atoms with E-state index in [1.807, 2.05) is 37.6 Å². The van der Waals surface area contributed by atoms with Gasteiger partial charge in [0.25, 0.3) is 0 Å². The molecule has 0 aliphatic carbocycles. The molecule has 35 heavy (non-hydrogen) atoms. The second-order valence-corrected chi connectivity index (χ2v) is 8.66. The first-order valence-corrected chi connectivity index (χ1v) is 11.4. The van der Waals surface area contributed by atoms with Crippen LogP contribution in [-0.4, -0.2) is 52.3 Å². The Labute approximate surface area is 202 Å². The lowest BCUT2D eigenvalue weighted by Crippen LogP contribution is -2.31. The average molecular weight is 469 g/mol. The monoisotopic (exact) mass is 468 g/mol. The van der Waals surface area contributed by atoms with Crippen LogP contribution >= 0.6 is 0 Å². The first-order chi connectivity index (χ1) is 17.0. The highest BCUT2D eigenvalue weighted by Gasteiger charge is 2.25. The van der Waals surface area contributed by atoms with Crippen LogP contribution in [0.5, 0.6) is 5.88 Å². The molecule has 0 bridgehead atoms. The van der Waals surface area contributed by atoms with Gasteiger partial charge in [-0.05, 0) is 39.7 Å². The maximum atomic E-state index is 9.61. The molecule has 1 aliphatic rings. The Morgan fingerprint density at radius 3 is 2.63 bits per heavy atom. The number of rotatable bonds is 5. The Morgan fingerprint density at radius 1 is 1.11 bits per heavy atom. The molecule has 1 saturated heterocycles. The zero-order chi connectivity index (χ0) is 24.5. The Hall–Kier alpha value is -4.51. The number of ether oxygens (including phenoxy) is 1. The van der Waals surface area contributed by atoms with Crippen LogP contribution in [0.25, 0.3) is 16.9 Å². The predicted octanol–water partition coefficient (Wildman–Crippen LogP) is 3.13. The van der Waals surface area contributed by atoms with Crippen LogP contribution in [-0.2, 0) is 0 Å². The van der Waals surface area contributed by atoms with Crippen LogP contribution in [0.4, 0.5) is 0 Å². The van der Waals surface area contributed by atoms with Crippen molar-refractivity contribution in [1.82, 2.24) is 39.2 Å². The highest BCUT2D eigenvalue weighted by atomic mass is 16.5. The first kappa shape index (κ1) is 22.3. The minimum Gasteiger partial charge on any atom is -0.469 e. The molecule has 11 heteroatoms. The standard InChI is InChI=1S/C24H24N10O/c1-15-11-27-13-21(29-15)17(3)35-23-9-18(8-22-28-12-20(10-25)33(22)23)24-16(2)34(31-30-24)19-4-6-32(14-26)7-5-19/h8-9,11-13,17,19H,4-7H2,1-3H3. The molecule has 0 N–H and O–H groups in total. The lowest BCUT2D eigenvalue weighted by molar-refractivity contribution is 0.209. The summed E-state index contributed by atoms with van der Waals surface area (Å²) >= 11 is 0. The third-order valence-electron chi connectivity index (χ3n) is 6.33. The predicted molar refractivity (Wildman–Crippen MR) is 125 cm³/mol. The molecule has 5 rings (SSSR count). The van der Waals surface area contributed by atoms with Gasteiger partial charge in [-0.25, -0.2) is 9.67 Å². The fraction of sp³-hybridized carbons (Fsp3) is 0.375. The average Bonchev–Trinajstić information content (AvgIpc) is 3.47. The number of pyridine rings is 1. The van der Waals surface area contributed by atoms with Crippen LogP contribution in [0, 0.1) is 36.6 Å². The van der Waals surface area contributed by atoms with Gasteiger partial charge in [-0.1, -0.05) is 5.21 Å². The molecule has 0 saturated carbocycles. The van der Waals surface area contributed by atoms with Crippen molar-refractivity contribution in [1.29, 1.82) is 10.5 Å². The van der Waals surface area contributed by atoms with E-state index in [2.05, 4.69) is 37.5 Å². The van der Waals surface area contributed by atoms with E-state index in [0.29, 0.717) is 36.0 Å². The van der Waals surface area contributed by atoms with E-state index in [-0.39, 0.29) is 6.04 Å². The number of piperidine rings is 1. The molecule has 0 amide bonds. The van der Waals surface area contributed by atoms with Crippen molar-refractivity contribution in [2.75, 3.05) is 13.1 Å². The third kappa shape index (κ3) is 4.13. The maximum absolute atomic E-state index is 9.61. The minimum atomic E-state index is -0.406. The van der Waals surface area contributed by atoms with E-state index in [1.54, 1.807) is 21.7 Å². The summed E-state index contributed by atoms with van der Waals surface area (Å²) in [6.07, 6.45) is 8.37. The van der Waals surface area contributed by atoms with Gasteiger partial charge >= 0.3 is 0 Å². The molecule has 1 atom stereocenters. The quantitative estimate of drug-likeness (QED) is 0.405. The summed E-state index contributed by atoms with van der Waals surface area (Å²) in [5.74, 6) is 0.457. The van der Waals surface area contributed by atoms with E-state index in [1.165, 1.54) is 6.20 Å². The molecular formula is C24H24N10O. The minimum absolute atomic E-state index is 0.192. The van der Waals surface area contributed by atoms with Crippen molar-refractivity contribution in [3.63, 3.8) is 0 Å². The third-order valence-corrected chi connectivity index (χ3v) is 6.33. The summed E-state index contributed by atoms with van der Waals surface area (Å²) < 4.78 is 9.93. The van der Waals surface area contributed by atoms with Gasteiger partial charge in [0.15, 0.2) is 6.19 Å². The van der Waals surface area contributed by atoms with Crippen LogP contribution in [0.15, 0.2) is 30.7 Å². The maximum Gasteiger partial charge on any atom is 0.201 e. The van der Waals surface area contributed by atoms with Gasteiger partial charge < -0.3 is 9.64 Å². The van der Waals surface area contributed by atoms with Crippen molar-refractivity contribution in [3.8, 4) is 29.4 Å². The lowest BCUT2D eigenvalue weighted by atomic mass is 10.0. The van der Waals surface area contributed by atoms with E-state index < -0.39 is 6.10 Å². The topological polar surface area (TPSA) is 134 Å². The number of likely N-dealkylation sites (tertiary alicyclic amines) is 1. The van der Waals surface area contributed by atoms with Gasteiger partial charge in [-0.2, -0.15) is 10.5 Å². The second-order valence-electron chi connectivity index (χ2n) is 8.66. The van der Waals surface area contributed by atoms with E-state index in [0.717, 1.165) is 35.5 Å². The summed E-state index contributed by atoms with van der Waals surface area (Å²) in [4.78, 5) is 14.9. The Bertz CT molecular complexity index is 1470. The smallest absolute Gasteiger partial charge is 0.201 e. The number of hydrogen-bond donors (Lipinski definition) is 0. The van der Waals surface area contributed by atoms with Crippen LogP contribution in [0.1, 0.15) is 54.7 Å². The van der Waals surface area contributed by atoms with E-state index in [4.69, 9.17) is 10.00 Å². The summed E-state index contributed by atoms with van der Waals surface area (Å²) in [7, 11) is 0. The van der Waals surface area contributed by atoms with Gasteiger partial charge in [-0.15, -0.1) is 5.10 Å². The van der Waals surface area contributed by atoms with Crippen molar-refractivity contribution in [2.24, 2.45) is 0 Å². The number of imidazole rings is 1. The molecule has 4 aromatic heterocycles. The molecule has 0 radical (unpaired) electrons. The lowest BCUT2D eigenvalue weighted by Gasteiger charge is -2.28. The van der Waals surface area contributed by atoms with Crippen molar-refractivity contribution in [2.45, 2.75) is 45.8 Å². The molecule has 1 aliphatic heterocycles. The first-order valence-electron chi connectivity index (χ1n) is 11.4. The number of aryl methyl sites for hydroxylation is 1. The van der Waals surface area contributed by atoms with Gasteiger partial charge in [0, 0.05) is 30.9 Å². The Kier molecular flexibility index (Phi) is 5.75. The van der Waals surface area contributed by atoms with Gasteiger partial charge in [0.05, 0.1) is 35.5 Å². The highest BCUT2D eigenvalue weighted by Crippen LogP contribution is 2.32. The summed E-state index contributed by atoms with van der Waals surface area (Å²) in [5.41, 5.74) is 4.88. The zero-order valence-corrected chi connectivity index (χ0v) is 19.8. The Balaban J connectivity index is 1.52. The normalized spacial score (nSPS) is 15.1. The van der Waals surface area contributed by atoms with Crippen molar-refractivity contribution < 1.29 is 4.74 Å². The number of nitriles is 2. The van der Waals surface area contributed by atoms with Crippen LogP contribution in [0.3, 0.4) is 0 Å². The van der Waals surface area contributed by atoms with Crippen LogP contribution < -0.4 is 4.74 Å². The zero-order valence-electron chi connectivity index (χ0n) is 19.8. The SMILES string of the molecule is Cc1cncc(C(C)Oc2cc(-c3nnn(C4CCN(C#N)CC4)c3C)cc3ncc(C#N)n23)n1. The van der Waals surface area contributed by atoms with E-state index in [9.17, 15) is 5.26 Å². The number of nitrogens with zero attached hydrogens (tertiary/aromatic N) is 10. The fourth-order valence-electron chi connectivity index (χ4n) is 4.47. The fourth-order valence-corrected chi connectivity index (χ4v) is 4.47. The summed E-state index contributed by atoms with van der Waals surface area (Å²) in [5, 5.41) is 27.7. The van der Waals surface area contributed by atoms with Gasteiger partial charge in [-0.3, -0.25) is 14.4 Å². The Morgan fingerprint density at radius 2 is 1.91 bits per heavy atom. The molecule has 11 nitrogen and oxygen atoms in total. The molecule has 4 aromatic rings. The largest absolute Gasteiger partial charge is 0.469 e. The summed E-state index contributed by atoms with van der Waals surface area (Å²) in [6, 6.07) is 6.10. The van der Waals surface area contributed by atoms with Crippen molar-refractivity contribution in [3.05, 3.63) is 53.5 Å². The van der Waals surface area contributed by atoms with Crippen LogP contribution in [0.2, 0.25) is 0 Å². The van der Waals surface area contributed by atoms with Gasteiger partial charge in [0.1, 0.15) is 29.2 Å². The number of aromatic nitrogens is 7. The molecule has 1 fully saturated rings. The molecule has 0 spiro atoms. The van der Waals surface area contributed by atoms with Crippen molar-refractivity contribution >= 4 is 5.65 Å².